The highest BCUT2D eigenvalue weighted by Gasteiger charge is 2.25. The normalized spacial score (nSPS) is 15.4. The molecule has 8 heteroatoms. The molecule has 2 N–H and O–H groups in total. The summed E-state index contributed by atoms with van der Waals surface area (Å²) in [6.07, 6.45) is 3.97. The van der Waals surface area contributed by atoms with Crippen LogP contribution < -0.4 is 10.6 Å². The maximum Gasteiger partial charge on any atom is 0.243 e. The lowest BCUT2D eigenvalue weighted by Gasteiger charge is -2.25. The van der Waals surface area contributed by atoms with E-state index in [1.807, 2.05) is 7.05 Å². The summed E-state index contributed by atoms with van der Waals surface area (Å²) < 4.78 is 26.7. The largest absolute Gasteiger partial charge is 0.355 e. The van der Waals surface area contributed by atoms with E-state index < -0.39 is 10.0 Å². The zero-order valence-corrected chi connectivity index (χ0v) is 16.3. The van der Waals surface area contributed by atoms with Crippen LogP contribution in [0, 0.1) is 0 Å². The number of carbonyl (C=O) groups is 1. The molecular weight excluding hydrogens is 362 g/mol. The van der Waals surface area contributed by atoms with Crippen molar-refractivity contribution >= 4 is 28.3 Å². The Kier molecular flexibility index (Phi) is 9.42. The van der Waals surface area contributed by atoms with Crippen molar-refractivity contribution in [1.29, 1.82) is 0 Å². The molecule has 0 atom stereocenters. The van der Waals surface area contributed by atoms with E-state index in [0.29, 0.717) is 37.4 Å². The van der Waals surface area contributed by atoms with Crippen LogP contribution in [0.1, 0.15) is 31.2 Å². The van der Waals surface area contributed by atoms with Crippen molar-refractivity contribution < 1.29 is 13.2 Å². The van der Waals surface area contributed by atoms with Gasteiger partial charge in [0.05, 0.1) is 4.90 Å². The molecule has 0 bridgehead atoms. The maximum atomic E-state index is 12.6. The summed E-state index contributed by atoms with van der Waals surface area (Å²) in [6.45, 7) is 2.57. The van der Waals surface area contributed by atoms with E-state index in [-0.39, 0.29) is 18.3 Å². The highest BCUT2D eigenvalue weighted by atomic mass is 35.5. The van der Waals surface area contributed by atoms with Crippen LogP contribution >= 0.6 is 12.4 Å². The van der Waals surface area contributed by atoms with Crippen molar-refractivity contribution in [3.63, 3.8) is 0 Å². The van der Waals surface area contributed by atoms with Crippen molar-refractivity contribution in [3.8, 4) is 0 Å². The second kappa shape index (κ2) is 10.8. The van der Waals surface area contributed by atoms with Crippen LogP contribution in [-0.4, -0.2) is 51.9 Å². The van der Waals surface area contributed by atoms with Crippen molar-refractivity contribution in [2.45, 2.75) is 37.0 Å². The summed E-state index contributed by atoms with van der Waals surface area (Å²) in [7, 11) is -1.54. The maximum absolute atomic E-state index is 12.6. The van der Waals surface area contributed by atoms with Gasteiger partial charge in [0.15, 0.2) is 0 Å². The Bertz CT molecular complexity index is 629. The number of hydrogen-bond acceptors (Lipinski definition) is 4. The molecule has 25 heavy (non-hydrogen) atoms. The molecule has 0 aliphatic carbocycles. The highest BCUT2D eigenvalue weighted by Crippen LogP contribution is 2.21. The summed E-state index contributed by atoms with van der Waals surface area (Å²) in [6, 6.07) is 6.91. The molecule has 1 aliphatic rings. The molecule has 1 amide bonds. The van der Waals surface area contributed by atoms with Gasteiger partial charge in [-0.3, -0.25) is 4.79 Å². The van der Waals surface area contributed by atoms with Crippen molar-refractivity contribution in [3.05, 3.63) is 29.8 Å². The van der Waals surface area contributed by atoms with Crippen LogP contribution in [0.4, 0.5) is 0 Å². The van der Waals surface area contributed by atoms with E-state index in [1.165, 1.54) is 0 Å². The summed E-state index contributed by atoms with van der Waals surface area (Å²) in [4.78, 5) is 12.0. The van der Waals surface area contributed by atoms with E-state index in [1.54, 1.807) is 28.6 Å². The first kappa shape index (κ1) is 21.9. The molecule has 0 aromatic heterocycles. The van der Waals surface area contributed by atoms with Crippen molar-refractivity contribution in [1.82, 2.24) is 14.9 Å². The van der Waals surface area contributed by atoms with Crippen LogP contribution in [-0.2, 0) is 21.2 Å². The topological polar surface area (TPSA) is 78.5 Å². The number of rotatable bonds is 8. The van der Waals surface area contributed by atoms with Crippen LogP contribution in [0.5, 0.6) is 0 Å². The second-order valence-electron chi connectivity index (χ2n) is 6.06. The lowest BCUT2D eigenvalue weighted by atomic mass is 10.1. The van der Waals surface area contributed by atoms with Gasteiger partial charge < -0.3 is 10.6 Å². The number of hydrogen-bond donors (Lipinski definition) is 2. The molecule has 0 radical (unpaired) electrons. The number of nitrogens with zero attached hydrogens (tertiary/aromatic N) is 1. The molecule has 1 aromatic rings. The van der Waals surface area contributed by atoms with Crippen LogP contribution in [0.15, 0.2) is 29.2 Å². The van der Waals surface area contributed by atoms with Crippen LogP contribution in [0.3, 0.4) is 0 Å². The van der Waals surface area contributed by atoms with Crippen LogP contribution in [0.2, 0.25) is 0 Å². The third-order valence-corrected chi connectivity index (χ3v) is 6.13. The fourth-order valence-corrected chi connectivity index (χ4v) is 4.27. The molecule has 1 heterocycles. The number of piperidine rings is 1. The standard InChI is InChI=1S/C17H27N3O3S.ClH/c1-18-11-12-19-17(21)10-7-15-5-8-16(9-6-15)24(22,23)20-13-3-2-4-14-20;/h5-6,8-9,18H,2-4,7,10-14H2,1H3,(H,19,21);1H. The number of carbonyl (C=O) groups excluding carboxylic acids is 1. The Morgan fingerprint density at radius 2 is 1.72 bits per heavy atom. The molecule has 0 unspecified atom stereocenters. The number of halogens is 1. The van der Waals surface area contributed by atoms with Gasteiger partial charge in [0.1, 0.15) is 0 Å². The second-order valence-corrected chi connectivity index (χ2v) is 8.00. The van der Waals surface area contributed by atoms with Gasteiger partial charge in [-0.05, 0) is 44.0 Å². The number of amides is 1. The summed E-state index contributed by atoms with van der Waals surface area (Å²) in [5, 5.41) is 5.80. The first-order chi connectivity index (χ1) is 11.5. The van der Waals surface area contributed by atoms with E-state index in [4.69, 9.17) is 0 Å². The number of likely N-dealkylation sites (N-methyl/N-ethyl adjacent to an activating group) is 1. The Balaban J connectivity index is 0.00000312. The molecule has 6 nitrogen and oxygen atoms in total. The van der Waals surface area contributed by atoms with Gasteiger partial charge in [-0.25, -0.2) is 8.42 Å². The zero-order chi connectivity index (χ0) is 17.4. The van der Waals surface area contributed by atoms with E-state index in [2.05, 4.69) is 10.6 Å². The third kappa shape index (κ3) is 6.58. The number of sulfonamides is 1. The van der Waals surface area contributed by atoms with Gasteiger partial charge in [0, 0.05) is 32.6 Å². The number of aryl methyl sites for hydroxylation is 1. The van der Waals surface area contributed by atoms with Crippen molar-refractivity contribution in [2.24, 2.45) is 0 Å². The van der Waals surface area contributed by atoms with Crippen molar-refractivity contribution in [2.75, 3.05) is 33.2 Å². The molecule has 142 valence electrons. The predicted octanol–water partition coefficient (Wildman–Crippen LogP) is 1.55. The minimum absolute atomic E-state index is 0. The van der Waals surface area contributed by atoms with Gasteiger partial charge in [0.25, 0.3) is 0 Å². The highest BCUT2D eigenvalue weighted by molar-refractivity contribution is 7.89. The molecule has 2 rings (SSSR count). The molecule has 1 aliphatic heterocycles. The molecule has 0 spiro atoms. The summed E-state index contributed by atoms with van der Waals surface area (Å²) >= 11 is 0. The zero-order valence-electron chi connectivity index (χ0n) is 14.7. The Morgan fingerprint density at radius 3 is 2.32 bits per heavy atom. The number of nitrogens with one attached hydrogen (secondary N) is 2. The smallest absolute Gasteiger partial charge is 0.243 e. The van der Waals surface area contributed by atoms with E-state index in [0.717, 1.165) is 31.4 Å². The lowest BCUT2D eigenvalue weighted by molar-refractivity contribution is -0.121. The molecule has 1 saturated heterocycles. The Labute approximate surface area is 156 Å². The quantitative estimate of drug-likeness (QED) is 0.661. The van der Waals surface area contributed by atoms with Gasteiger partial charge in [-0.2, -0.15) is 4.31 Å². The Morgan fingerprint density at radius 1 is 1.08 bits per heavy atom. The van der Waals surface area contributed by atoms with Gasteiger partial charge >= 0.3 is 0 Å². The molecular formula is C17H28ClN3O3S. The minimum Gasteiger partial charge on any atom is -0.355 e. The Hall–Kier alpha value is -1.15. The van der Waals surface area contributed by atoms with Gasteiger partial charge in [-0.15, -0.1) is 12.4 Å². The van der Waals surface area contributed by atoms with Gasteiger partial charge in [-0.1, -0.05) is 18.6 Å². The SMILES string of the molecule is CNCCNC(=O)CCc1ccc(S(=O)(=O)N2CCCCC2)cc1.Cl. The van der Waals surface area contributed by atoms with Crippen LogP contribution in [0.25, 0.3) is 0 Å². The molecule has 1 aromatic carbocycles. The monoisotopic (exact) mass is 389 g/mol. The van der Waals surface area contributed by atoms with E-state index >= 15 is 0 Å². The summed E-state index contributed by atoms with van der Waals surface area (Å²) in [5.41, 5.74) is 0.969. The molecule has 0 saturated carbocycles. The first-order valence-electron chi connectivity index (χ1n) is 8.54. The first-order valence-corrected chi connectivity index (χ1v) is 9.98. The van der Waals surface area contributed by atoms with Gasteiger partial charge in [0.2, 0.25) is 15.9 Å². The lowest BCUT2D eigenvalue weighted by Crippen LogP contribution is -2.35. The fourth-order valence-electron chi connectivity index (χ4n) is 2.76. The third-order valence-electron chi connectivity index (χ3n) is 4.21. The minimum atomic E-state index is -3.38. The average Bonchev–Trinajstić information content (AvgIpc) is 2.61. The summed E-state index contributed by atoms with van der Waals surface area (Å²) in [5.74, 6) is 0.00950. The predicted molar refractivity (Wildman–Crippen MR) is 102 cm³/mol. The average molecular weight is 390 g/mol. The fraction of sp³-hybridized carbons (Fsp3) is 0.588. The van der Waals surface area contributed by atoms with E-state index in [9.17, 15) is 13.2 Å². The molecule has 1 fully saturated rings. The number of benzene rings is 1.